The number of aromatic amines is 1. The second kappa shape index (κ2) is 8.28. The van der Waals surface area contributed by atoms with Gasteiger partial charge in [-0.1, -0.05) is 24.3 Å². The van der Waals surface area contributed by atoms with Crippen molar-refractivity contribution in [2.45, 2.75) is 26.4 Å². The highest BCUT2D eigenvalue weighted by molar-refractivity contribution is 5.79. The average molecular weight is 403 g/mol. The van der Waals surface area contributed by atoms with E-state index in [0.29, 0.717) is 40.7 Å². The molecule has 30 heavy (non-hydrogen) atoms. The van der Waals surface area contributed by atoms with Crippen LogP contribution in [0.2, 0.25) is 0 Å². The molecule has 0 spiro atoms. The number of hydrogen-bond donors (Lipinski definition) is 1. The lowest BCUT2D eigenvalue weighted by atomic mass is 10.2. The molecule has 8 nitrogen and oxygen atoms in total. The Morgan fingerprint density at radius 2 is 1.80 bits per heavy atom. The molecule has 2 aromatic carbocycles. The van der Waals surface area contributed by atoms with Gasteiger partial charge in [0.15, 0.2) is 0 Å². The maximum atomic E-state index is 12.8. The summed E-state index contributed by atoms with van der Waals surface area (Å²) in [6.07, 6.45) is 1.49. The molecule has 2 aromatic heterocycles. The molecule has 0 saturated heterocycles. The van der Waals surface area contributed by atoms with Crippen molar-refractivity contribution in [3.8, 4) is 0 Å². The number of aryl methyl sites for hydroxylation is 1. The highest BCUT2D eigenvalue weighted by Crippen LogP contribution is 2.11. The summed E-state index contributed by atoms with van der Waals surface area (Å²) in [4.78, 5) is 45.9. The second-order valence-corrected chi connectivity index (χ2v) is 6.94. The van der Waals surface area contributed by atoms with Crippen LogP contribution in [0.25, 0.3) is 21.8 Å². The van der Waals surface area contributed by atoms with E-state index in [4.69, 9.17) is 0 Å². The highest BCUT2D eigenvalue weighted by Gasteiger charge is 2.15. The Balaban J connectivity index is 1.51. The van der Waals surface area contributed by atoms with E-state index < -0.39 is 0 Å². The van der Waals surface area contributed by atoms with Crippen molar-refractivity contribution < 1.29 is 4.79 Å². The number of para-hydroxylation sites is 2. The predicted octanol–water partition coefficient (Wildman–Crippen LogP) is 2.07. The first-order valence-electron chi connectivity index (χ1n) is 9.77. The number of aromatic nitrogens is 4. The zero-order valence-electron chi connectivity index (χ0n) is 16.5. The standard InChI is InChI=1S/C22H21N5O3/c1-2-26(14-20-24-17-9-5-3-7-15(17)22(30)25-20)21(29)11-12-27-18-10-6-4-8-16(18)19(28)13-23-27/h3-10,13H,2,11-12,14H2,1H3,(H,24,25,30). The molecule has 0 saturated carbocycles. The van der Waals surface area contributed by atoms with Gasteiger partial charge in [-0.25, -0.2) is 4.98 Å². The van der Waals surface area contributed by atoms with Crippen molar-refractivity contribution in [1.29, 1.82) is 0 Å². The van der Waals surface area contributed by atoms with E-state index in [2.05, 4.69) is 15.1 Å². The molecule has 0 fully saturated rings. The van der Waals surface area contributed by atoms with Gasteiger partial charge in [-0.2, -0.15) is 5.10 Å². The molecular weight excluding hydrogens is 382 g/mol. The smallest absolute Gasteiger partial charge is 0.258 e. The Morgan fingerprint density at radius 3 is 2.60 bits per heavy atom. The lowest BCUT2D eigenvalue weighted by Crippen LogP contribution is -2.32. The molecule has 0 bridgehead atoms. The first-order chi connectivity index (χ1) is 14.6. The molecule has 0 radical (unpaired) electrons. The van der Waals surface area contributed by atoms with E-state index in [9.17, 15) is 14.4 Å². The topological polar surface area (TPSA) is 101 Å². The minimum atomic E-state index is -0.219. The fraction of sp³-hybridized carbons (Fsp3) is 0.227. The van der Waals surface area contributed by atoms with E-state index in [-0.39, 0.29) is 29.9 Å². The number of fused-ring (bicyclic) bond motifs is 2. The van der Waals surface area contributed by atoms with Crippen LogP contribution in [0, 0.1) is 0 Å². The molecule has 8 heteroatoms. The molecule has 0 unspecified atom stereocenters. The third kappa shape index (κ3) is 3.84. The minimum absolute atomic E-state index is 0.0853. The van der Waals surface area contributed by atoms with E-state index in [1.807, 2.05) is 25.1 Å². The fourth-order valence-electron chi connectivity index (χ4n) is 3.47. The van der Waals surface area contributed by atoms with Crippen molar-refractivity contribution in [3.63, 3.8) is 0 Å². The lowest BCUT2D eigenvalue weighted by Gasteiger charge is -2.21. The van der Waals surface area contributed by atoms with E-state index in [0.717, 1.165) is 0 Å². The number of carbonyl (C=O) groups excluding carboxylic acids is 1. The third-order valence-corrected chi connectivity index (χ3v) is 5.04. The number of carbonyl (C=O) groups is 1. The lowest BCUT2D eigenvalue weighted by molar-refractivity contribution is -0.132. The average Bonchev–Trinajstić information content (AvgIpc) is 2.77. The number of H-pyrrole nitrogens is 1. The number of nitrogens with zero attached hydrogens (tertiary/aromatic N) is 4. The van der Waals surface area contributed by atoms with E-state index >= 15 is 0 Å². The summed E-state index contributed by atoms with van der Waals surface area (Å²) in [5.74, 6) is 0.360. The van der Waals surface area contributed by atoms with Gasteiger partial charge in [-0.3, -0.25) is 19.1 Å². The predicted molar refractivity (Wildman–Crippen MR) is 114 cm³/mol. The van der Waals surface area contributed by atoms with Crippen LogP contribution in [0.5, 0.6) is 0 Å². The Morgan fingerprint density at radius 1 is 1.07 bits per heavy atom. The first kappa shape index (κ1) is 19.5. The summed E-state index contributed by atoms with van der Waals surface area (Å²) in [6, 6.07) is 14.3. The zero-order valence-corrected chi connectivity index (χ0v) is 16.5. The Hall–Kier alpha value is -3.81. The van der Waals surface area contributed by atoms with Crippen LogP contribution < -0.4 is 11.0 Å². The Kier molecular flexibility index (Phi) is 5.38. The summed E-state index contributed by atoms with van der Waals surface area (Å²) >= 11 is 0. The molecule has 0 aliphatic heterocycles. The van der Waals surface area contributed by atoms with Gasteiger partial charge in [-0.15, -0.1) is 0 Å². The van der Waals surface area contributed by atoms with Gasteiger partial charge in [0, 0.05) is 18.4 Å². The van der Waals surface area contributed by atoms with Crippen molar-refractivity contribution in [2.24, 2.45) is 0 Å². The third-order valence-electron chi connectivity index (χ3n) is 5.04. The van der Waals surface area contributed by atoms with Gasteiger partial charge in [0.25, 0.3) is 5.56 Å². The van der Waals surface area contributed by atoms with E-state index in [1.54, 1.807) is 39.9 Å². The molecule has 0 aliphatic carbocycles. The fourth-order valence-corrected chi connectivity index (χ4v) is 3.47. The maximum Gasteiger partial charge on any atom is 0.258 e. The first-order valence-corrected chi connectivity index (χ1v) is 9.77. The molecule has 4 aromatic rings. The van der Waals surface area contributed by atoms with Gasteiger partial charge in [0.2, 0.25) is 11.3 Å². The minimum Gasteiger partial charge on any atom is -0.335 e. The number of amides is 1. The SMILES string of the molecule is CCN(Cc1nc2ccccc2c(=O)[nH]1)C(=O)CCn1ncc(=O)c2ccccc21. The molecule has 1 amide bonds. The van der Waals surface area contributed by atoms with Crippen LogP contribution in [0.1, 0.15) is 19.2 Å². The Bertz CT molecular complexity index is 1340. The number of nitrogens with one attached hydrogen (secondary N) is 1. The molecule has 0 aliphatic rings. The largest absolute Gasteiger partial charge is 0.335 e. The van der Waals surface area contributed by atoms with Crippen LogP contribution >= 0.6 is 0 Å². The van der Waals surface area contributed by atoms with Gasteiger partial charge < -0.3 is 9.88 Å². The van der Waals surface area contributed by atoms with Crippen LogP contribution in [-0.4, -0.2) is 37.1 Å². The van der Waals surface area contributed by atoms with Crippen molar-refractivity contribution >= 4 is 27.7 Å². The van der Waals surface area contributed by atoms with Crippen LogP contribution in [0.15, 0.2) is 64.3 Å². The molecule has 2 heterocycles. The highest BCUT2D eigenvalue weighted by atomic mass is 16.2. The summed E-state index contributed by atoms with van der Waals surface area (Å²) in [5.41, 5.74) is 0.933. The Labute approximate surface area is 171 Å². The van der Waals surface area contributed by atoms with Crippen LogP contribution in [-0.2, 0) is 17.9 Å². The van der Waals surface area contributed by atoms with Gasteiger partial charge >= 0.3 is 0 Å². The molecule has 152 valence electrons. The molecular formula is C22H21N5O3. The van der Waals surface area contributed by atoms with Crippen LogP contribution in [0.3, 0.4) is 0 Å². The molecule has 4 rings (SSSR count). The van der Waals surface area contributed by atoms with Crippen molar-refractivity contribution in [2.75, 3.05) is 6.54 Å². The monoisotopic (exact) mass is 403 g/mol. The molecule has 1 N–H and O–H groups in total. The number of benzene rings is 2. The van der Waals surface area contributed by atoms with Crippen molar-refractivity contribution in [1.82, 2.24) is 24.6 Å². The zero-order chi connectivity index (χ0) is 21.1. The van der Waals surface area contributed by atoms with Gasteiger partial charge in [0.1, 0.15) is 5.82 Å². The number of hydrogen-bond acceptors (Lipinski definition) is 5. The molecule has 0 atom stereocenters. The summed E-state index contributed by atoms with van der Waals surface area (Å²) in [7, 11) is 0. The number of rotatable bonds is 6. The normalized spacial score (nSPS) is 11.1. The summed E-state index contributed by atoms with van der Waals surface area (Å²) < 4.78 is 1.67. The maximum absolute atomic E-state index is 12.8. The second-order valence-electron chi connectivity index (χ2n) is 6.94. The van der Waals surface area contributed by atoms with E-state index in [1.165, 1.54) is 6.20 Å². The van der Waals surface area contributed by atoms with Crippen LogP contribution in [0.4, 0.5) is 0 Å². The van der Waals surface area contributed by atoms with Gasteiger partial charge in [0.05, 0.1) is 35.7 Å². The quantitative estimate of drug-likeness (QED) is 0.531. The summed E-state index contributed by atoms with van der Waals surface area (Å²) in [6.45, 7) is 2.92. The van der Waals surface area contributed by atoms with Crippen molar-refractivity contribution in [3.05, 3.63) is 81.1 Å². The van der Waals surface area contributed by atoms with Gasteiger partial charge in [-0.05, 0) is 31.2 Å². The summed E-state index contributed by atoms with van der Waals surface area (Å²) in [5, 5.41) is 5.26.